The molecule has 0 atom stereocenters. The summed E-state index contributed by atoms with van der Waals surface area (Å²) in [5.41, 5.74) is 24.4. The van der Waals surface area contributed by atoms with Crippen molar-refractivity contribution in [1.29, 1.82) is 0 Å². The van der Waals surface area contributed by atoms with E-state index in [0.717, 1.165) is 11.2 Å². The van der Waals surface area contributed by atoms with Gasteiger partial charge in [-0.15, -0.1) is 0 Å². The molecule has 2 aromatic heterocycles. The molecule has 7 aromatic carbocycles. The fourth-order valence-electron chi connectivity index (χ4n) is 12.9. The topological polar surface area (TPSA) is 21.3 Å². The molecule has 9 aromatic rings. The standard InChI is InChI=1S/C61H59BN2O/c1-57(2,3)34-21-24-36(25-22-34)64-49-32-43-39(37-17-13-15-19-42(37)61(43,11)12)30-40(49)53-54-55-51(52-38-18-14-16-20-50(38)65-56(52)53)41-31-44-45(60(9,10)28-27-59(44,7)8)33-48(41)63(55)47-26-23-35(58(4,5)6)29-46(47)62(54)64/h13-26,29-33H,27-28H2,1-12H3. The molecule has 0 fully saturated rings. The van der Waals surface area contributed by atoms with Crippen molar-refractivity contribution in [3.63, 3.8) is 0 Å². The van der Waals surface area contributed by atoms with Crippen molar-refractivity contribution in [1.82, 2.24) is 4.57 Å². The second-order valence-corrected chi connectivity index (χ2v) is 24.0. The number of fused-ring (bicyclic) bond motifs is 17. The molecule has 2 aliphatic carbocycles. The van der Waals surface area contributed by atoms with Gasteiger partial charge in [0, 0.05) is 55.1 Å². The van der Waals surface area contributed by atoms with Crippen LogP contribution in [-0.2, 0) is 27.1 Å². The highest BCUT2D eigenvalue weighted by Crippen LogP contribution is 2.57. The molecule has 0 saturated heterocycles. The highest BCUT2D eigenvalue weighted by molar-refractivity contribution is 6.94. The first-order valence-electron chi connectivity index (χ1n) is 24.1. The predicted molar refractivity (Wildman–Crippen MR) is 277 cm³/mol. The van der Waals surface area contributed by atoms with Crippen LogP contribution in [-0.4, -0.2) is 11.4 Å². The van der Waals surface area contributed by atoms with E-state index in [-0.39, 0.29) is 33.9 Å². The van der Waals surface area contributed by atoms with Crippen LogP contribution in [0.4, 0.5) is 11.4 Å². The summed E-state index contributed by atoms with van der Waals surface area (Å²) >= 11 is 0. The highest BCUT2D eigenvalue weighted by atomic mass is 16.3. The second-order valence-electron chi connectivity index (χ2n) is 24.0. The predicted octanol–water partition coefficient (Wildman–Crippen LogP) is 15.2. The summed E-state index contributed by atoms with van der Waals surface area (Å²) in [7, 11) is 0. The fourth-order valence-corrected chi connectivity index (χ4v) is 12.9. The molecule has 3 nitrogen and oxygen atoms in total. The number of para-hydroxylation sites is 1. The van der Waals surface area contributed by atoms with E-state index in [2.05, 4.69) is 208 Å². The van der Waals surface area contributed by atoms with Gasteiger partial charge in [-0.25, -0.2) is 0 Å². The summed E-state index contributed by atoms with van der Waals surface area (Å²) < 4.78 is 10.1. The maximum atomic E-state index is 7.40. The highest BCUT2D eigenvalue weighted by Gasteiger charge is 2.49. The van der Waals surface area contributed by atoms with E-state index < -0.39 is 0 Å². The van der Waals surface area contributed by atoms with E-state index in [0.29, 0.717) is 0 Å². The van der Waals surface area contributed by atoms with Gasteiger partial charge in [0.1, 0.15) is 11.2 Å². The summed E-state index contributed by atoms with van der Waals surface area (Å²) in [5.74, 6) is 0. The van der Waals surface area contributed by atoms with Gasteiger partial charge in [-0.1, -0.05) is 150 Å². The van der Waals surface area contributed by atoms with Crippen molar-refractivity contribution in [3.05, 3.63) is 149 Å². The molecular weight excluding hydrogens is 787 g/mol. The average molecular weight is 847 g/mol. The van der Waals surface area contributed by atoms with Crippen molar-refractivity contribution in [3.8, 4) is 27.9 Å². The Morgan fingerprint density at radius 2 is 1.22 bits per heavy atom. The second kappa shape index (κ2) is 12.3. The lowest BCUT2D eigenvalue weighted by Crippen LogP contribution is -2.60. The molecule has 0 unspecified atom stereocenters. The van der Waals surface area contributed by atoms with E-state index in [4.69, 9.17) is 4.42 Å². The third-order valence-corrected chi connectivity index (χ3v) is 16.7. The minimum atomic E-state index is -0.168. The number of nitrogens with zero attached hydrogens (tertiary/aromatic N) is 2. The molecule has 2 aliphatic heterocycles. The minimum absolute atomic E-state index is 0.0307. The Balaban J connectivity index is 1.28. The van der Waals surface area contributed by atoms with Gasteiger partial charge in [-0.05, 0) is 138 Å². The van der Waals surface area contributed by atoms with Crippen molar-refractivity contribution >= 4 is 72.9 Å². The number of hydrogen-bond acceptors (Lipinski definition) is 2. The van der Waals surface area contributed by atoms with E-state index in [1.54, 1.807) is 0 Å². The van der Waals surface area contributed by atoms with Crippen LogP contribution in [0.5, 0.6) is 0 Å². The van der Waals surface area contributed by atoms with E-state index in [1.807, 2.05) is 0 Å². The summed E-state index contributed by atoms with van der Waals surface area (Å²) in [6, 6.07) is 45.2. The normalized spacial score (nSPS) is 17.4. The van der Waals surface area contributed by atoms with Crippen LogP contribution in [0.15, 0.2) is 120 Å². The molecule has 0 radical (unpaired) electrons. The van der Waals surface area contributed by atoms with Crippen molar-refractivity contribution in [2.24, 2.45) is 0 Å². The zero-order valence-corrected chi connectivity index (χ0v) is 40.3. The summed E-state index contributed by atoms with van der Waals surface area (Å²) in [4.78, 5) is 2.72. The van der Waals surface area contributed by atoms with E-state index in [9.17, 15) is 0 Å². The minimum Gasteiger partial charge on any atom is -0.455 e. The van der Waals surface area contributed by atoms with Gasteiger partial charge in [0.15, 0.2) is 0 Å². The number of rotatable bonds is 1. The van der Waals surface area contributed by atoms with Gasteiger partial charge < -0.3 is 13.8 Å². The summed E-state index contributed by atoms with van der Waals surface area (Å²) in [5, 5.41) is 5.05. The van der Waals surface area contributed by atoms with Crippen LogP contribution >= 0.6 is 0 Å². The molecule has 0 N–H and O–H groups in total. The van der Waals surface area contributed by atoms with Gasteiger partial charge in [0.25, 0.3) is 0 Å². The van der Waals surface area contributed by atoms with Gasteiger partial charge in [0.05, 0.1) is 11.0 Å². The Morgan fingerprint density at radius 3 is 1.94 bits per heavy atom. The number of anilines is 2. The SMILES string of the molecule is CC(C)(C)c1ccc(N2B3c4cc(C(C)(C)C)ccc4-n4c5cc6c(cc5c5c7c(oc8ccccc87)c(c3c54)-c3cc4c(cc32)C(C)(C)c2ccccc2-4)C(C)(C)CCC6(C)C)cc1. The molecule has 4 aliphatic rings. The maximum Gasteiger partial charge on any atom is 0.333 e. The lowest BCUT2D eigenvalue weighted by atomic mass is 9.43. The van der Waals surface area contributed by atoms with E-state index in [1.165, 1.54) is 129 Å². The smallest absolute Gasteiger partial charge is 0.333 e. The Kier molecular flexibility index (Phi) is 7.43. The third-order valence-electron chi connectivity index (χ3n) is 16.7. The zero-order chi connectivity index (χ0) is 45.1. The first-order chi connectivity index (χ1) is 30.8. The van der Waals surface area contributed by atoms with E-state index >= 15 is 0 Å². The quantitative estimate of drug-likeness (QED) is 0.154. The molecular formula is C61H59BN2O. The molecule has 13 rings (SSSR count). The van der Waals surface area contributed by atoms with Gasteiger partial charge in [-0.3, -0.25) is 0 Å². The van der Waals surface area contributed by atoms with Crippen molar-refractivity contribution < 1.29 is 4.42 Å². The number of hydrogen-bond donors (Lipinski definition) is 0. The van der Waals surface area contributed by atoms with Crippen LogP contribution < -0.4 is 15.7 Å². The Labute approximate surface area is 384 Å². The third kappa shape index (κ3) is 5.04. The fraction of sp³-hybridized carbons (Fsp3) is 0.311. The van der Waals surface area contributed by atoms with Crippen LogP contribution in [0, 0.1) is 0 Å². The molecule has 65 heavy (non-hydrogen) atoms. The first-order valence-corrected chi connectivity index (χ1v) is 24.1. The Morgan fingerprint density at radius 1 is 0.554 bits per heavy atom. The molecule has 0 bridgehead atoms. The number of aromatic nitrogens is 1. The van der Waals surface area contributed by atoms with Crippen LogP contribution in [0.1, 0.15) is 129 Å². The number of benzene rings is 7. The van der Waals surface area contributed by atoms with Gasteiger partial charge >= 0.3 is 6.85 Å². The van der Waals surface area contributed by atoms with Crippen molar-refractivity contribution in [2.75, 3.05) is 4.81 Å². The van der Waals surface area contributed by atoms with Crippen LogP contribution in [0.25, 0.3) is 71.7 Å². The summed E-state index contributed by atoms with van der Waals surface area (Å²) in [6.45, 7) is 28.6. The lowest BCUT2D eigenvalue weighted by Gasteiger charge is -2.43. The molecule has 0 spiro atoms. The lowest BCUT2D eigenvalue weighted by molar-refractivity contribution is 0.332. The van der Waals surface area contributed by atoms with Crippen molar-refractivity contribution in [2.45, 2.75) is 123 Å². The molecule has 322 valence electrons. The monoisotopic (exact) mass is 846 g/mol. The van der Waals surface area contributed by atoms with Crippen LogP contribution in [0.3, 0.4) is 0 Å². The number of furan rings is 1. The summed E-state index contributed by atoms with van der Waals surface area (Å²) in [6.07, 6.45) is 2.34. The van der Waals surface area contributed by atoms with Crippen LogP contribution in [0.2, 0.25) is 0 Å². The largest absolute Gasteiger partial charge is 0.455 e. The maximum absolute atomic E-state index is 7.40. The zero-order valence-electron chi connectivity index (χ0n) is 40.3. The molecule has 4 heterocycles. The average Bonchev–Trinajstić information content (AvgIpc) is 3.88. The van der Waals surface area contributed by atoms with Gasteiger partial charge in [-0.2, -0.15) is 0 Å². The first kappa shape index (κ1) is 39.4. The Bertz CT molecular complexity index is 3600. The van der Waals surface area contributed by atoms with Gasteiger partial charge in [0.2, 0.25) is 0 Å². The molecule has 4 heteroatoms. The molecule has 0 saturated carbocycles. The Hall–Kier alpha value is -6.00. The molecule has 0 amide bonds.